The zero-order chi connectivity index (χ0) is 11.8. The molecular formula is C14H27N. The Balaban J connectivity index is 4.90. The fourth-order valence-electron chi connectivity index (χ4n) is 1.86. The summed E-state index contributed by atoms with van der Waals surface area (Å²) in [5.74, 6) is 0. The van der Waals surface area contributed by atoms with Crippen molar-refractivity contribution in [3.8, 4) is 0 Å². The Kier molecular flexibility index (Phi) is 7.19. The maximum atomic E-state index is 4.17. The van der Waals surface area contributed by atoms with Gasteiger partial charge in [-0.25, -0.2) is 0 Å². The van der Waals surface area contributed by atoms with Gasteiger partial charge in [0.2, 0.25) is 0 Å². The van der Waals surface area contributed by atoms with E-state index in [4.69, 9.17) is 0 Å². The molecule has 0 aromatic heterocycles. The molecule has 1 nitrogen and oxygen atoms in total. The summed E-state index contributed by atoms with van der Waals surface area (Å²) < 4.78 is 0. The lowest BCUT2D eigenvalue weighted by Gasteiger charge is -2.23. The van der Waals surface area contributed by atoms with Crippen molar-refractivity contribution in [2.45, 2.75) is 52.9 Å². The first kappa shape index (κ1) is 14.3. The summed E-state index contributed by atoms with van der Waals surface area (Å²) in [5.41, 5.74) is 4.25. The van der Waals surface area contributed by atoms with Gasteiger partial charge in [0.15, 0.2) is 0 Å². The zero-order valence-electron chi connectivity index (χ0n) is 11.2. The van der Waals surface area contributed by atoms with Gasteiger partial charge in [0.05, 0.1) is 0 Å². The van der Waals surface area contributed by atoms with Crippen LogP contribution in [-0.2, 0) is 0 Å². The average Bonchev–Trinajstić information content (AvgIpc) is 2.22. The van der Waals surface area contributed by atoms with Crippen LogP contribution in [0.3, 0.4) is 0 Å². The normalized spacial score (nSPS) is 12.3. The van der Waals surface area contributed by atoms with E-state index in [9.17, 15) is 0 Å². The van der Waals surface area contributed by atoms with Crippen LogP contribution in [0.15, 0.2) is 23.4 Å². The molecule has 0 atom stereocenters. The largest absolute Gasteiger partial charge is 0.381 e. The quantitative estimate of drug-likeness (QED) is 0.563. The van der Waals surface area contributed by atoms with Gasteiger partial charge in [0, 0.05) is 19.8 Å². The van der Waals surface area contributed by atoms with Crippen molar-refractivity contribution in [3.63, 3.8) is 0 Å². The number of unbranched alkanes of at least 4 members (excludes halogenated alkanes) is 1. The Labute approximate surface area is 95.9 Å². The van der Waals surface area contributed by atoms with Crippen LogP contribution in [0.25, 0.3) is 0 Å². The average molecular weight is 209 g/mol. The summed E-state index contributed by atoms with van der Waals surface area (Å²) >= 11 is 0. The van der Waals surface area contributed by atoms with Crippen LogP contribution >= 0.6 is 0 Å². The Hall–Kier alpha value is -0.720. The molecule has 0 radical (unpaired) electrons. The smallest absolute Gasteiger partial charge is 0.0162 e. The third-order valence-corrected chi connectivity index (χ3v) is 2.86. The van der Waals surface area contributed by atoms with E-state index in [1.54, 1.807) is 0 Å². The summed E-state index contributed by atoms with van der Waals surface area (Å²) in [6, 6.07) is 0. The molecule has 0 heterocycles. The minimum Gasteiger partial charge on any atom is -0.381 e. The highest BCUT2D eigenvalue weighted by atomic mass is 15.1. The van der Waals surface area contributed by atoms with Crippen LogP contribution < -0.4 is 0 Å². The van der Waals surface area contributed by atoms with Crippen LogP contribution in [0.5, 0.6) is 0 Å². The van der Waals surface area contributed by atoms with Crippen LogP contribution in [0.4, 0.5) is 0 Å². The van der Waals surface area contributed by atoms with Crippen LogP contribution in [0.2, 0.25) is 0 Å². The fourth-order valence-corrected chi connectivity index (χ4v) is 1.86. The lowest BCUT2D eigenvalue weighted by Crippen LogP contribution is -2.14. The van der Waals surface area contributed by atoms with Crippen molar-refractivity contribution in [2.75, 3.05) is 14.1 Å². The predicted molar refractivity (Wildman–Crippen MR) is 70.0 cm³/mol. The summed E-state index contributed by atoms with van der Waals surface area (Å²) in [6.45, 7) is 10.8. The van der Waals surface area contributed by atoms with Gasteiger partial charge in [-0.05, 0) is 31.3 Å². The summed E-state index contributed by atoms with van der Waals surface area (Å²) in [6.07, 6.45) is 5.88. The van der Waals surface area contributed by atoms with Gasteiger partial charge in [-0.2, -0.15) is 0 Å². The highest BCUT2D eigenvalue weighted by Crippen LogP contribution is 2.24. The number of nitrogens with zero attached hydrogens (tertiary/aromatic N) is 1. The van der Waals surface area contributed by atoms with Gasteiger partial charge in [-0.15, -0.1) is 0 Å². The summed E-state index contributed by atoms with van der Waals surface area (Å²) in [4.78, 5) is 2.26. The molecule has 0 saturated heterocycles. The van der Waals surface area contributed by atoms with Crippen LogP contribution in [0, 0.1) is 0 Å². The molecule has 0 N–H and O–H groups in total. The second kappa shape index (κ2) is 7.56. The predicted octanol–water partition coefficient (Wildman–Crippen LogP) is 4.37. The second-order valence-corrected chi connectivity index (χ2v) is 4.23. The molecule has 0 bridgehead atoms. The molecule has 15 heavy (non-hydrogen) atoms. The molecule has 0 amide bonds. The standard InChI is InChI=1S/C14H27N/c1-7-10-11-14(15(5)6)13(9-3)12(4)8-2/h4,7-11H2,1-3,5-6H3/b14-13-. The lowest BCUT2D eigenvalue weighted by atomic mass is 9.97. The minimum atomic E-state index is 1.06. The van der Waals surface area contributed by atoms with Crippen molar-refractivity contribution < 1.29 is 0 Å². The highest BCUT2D eigenvalue weighted by Gasteiger charge is 2.09. The second-order valence-electron chi connectivity index (χ2n) is 4.23. The van der Waals surface area contributed by atoms with E-state index in [0.29, 0.717) is 0 Å². The van der Waals surface area contributed by atoms with Gasteiger partial charge in [0.25, 0.3) is 0 Å². The van der Waals surface area contributed by atoms with Gasteiger partial charge in [-0.3, -0.25) is 0 Å². The Bertz CT molecular complexity index is 223. The minimum absolute atomic E-state index is 1.06. The van der Waals surface area contributed by atoms with E-state index >= 15 is 0 Å². The van der Waals surface area contributed by atoms with E-state index in [1.807, 2.05) is 0 Å². The van der Waals surface area contributed by atoms with Crippen molar-refractivity contribution in [1.82, 2.24) is 4.90 Å². The molecule has 0 unspecified atom stereocenters. The molecule has 0 spiro atoms. The van der Waals surface area contributed by atoms with Crippen molar-refractivity contribution in [2.24, 2.45) is 0 Å². The monoisotopic (exact) mass is 209 g/mol. The molecule has 0 saturated carbocycles. The molecule has 0 aromatic rings. The number of hydrogen-bond acceptors (Lipinski definition) is 1. The van der Waals surface area contributed by atoms with Gasteiger partial charge in [-0.1, -0.05) is 39.3 Å². The Morgan fingerprint density at radius 3 is 2.00 bits per heavy atom. The van der Waals surface area contributed by atoms with Crippen LogP contribution in [0.1, 0.15) is 52.9 Å². The Morgan fingerprint density at radius 1 is 1.07 bits per heavy atom. The summed E-state index contributed by atoms with van der Waals surface area (Å²) in [5, 5.41) is 0. The molecule has 0 aliphatic heterocycles. The number of allylic oxidation sites excluding steroid dienone is 3. The number of rotatable bonds is 7. The number of hydrogen-bond donors (Lipinski definition) is 0. The molecule has 1 heteroatoms. The van der Waals surface area contributed by atoms with Crippen molar-refractivity contribution >= 4 is 0 Å². The maximum Gasteiger partial charge on any atom is 0.0162 e. The van der Waals surface area contributed by atoms with Gasteiger partial charge >= 0.3 is 0 Å². The van der Waals surface area contributed by atoms with E-state index in [2.05, 4.69) is 46.3 Å². The molecule has 0 fully saturated rings. The first-order valence-electron chi connectivity index (χ1n) is 6.15. The zero-order valence-corrected chi connectivity index (χ0v) is 11.2. The van der Waals surface area contributed by atoms with Gasteiger partial charge in [0.1, 0.15) is 0 Å². The Morgan fingerprint density at radius 2 is 1.67 bits per heavy atom. The molecule has 0 rings (SSSR count). The van der Waals surface area contributed by atoms with E-state index in [0.717, 1.165) is 12.8 Å². The highest BCUT2D eigenvalue weighted by molar-refractivity contribution is 5.32. The van der Waals surface area contributed by atoms with Gasteiger partial charge < -0.3 is 4.90 Å². The van der Waals surface area contributed by atoms with Crippen molar-refractivity contribution in [3.05, 3.63) is 23.4 Å². The van der Waals surface area contributed by atoms with Crippen LogP contribution in [-0.4, -0.2) is 19.0 Å². The van der Waals surface area contributed by atoms with E-state index in [-0.39, 0.29) is 0 Å². The first-order valence-corrected chi connectivity index (χ1v) is 6.15. The third kappa shape index (κ3) is 4.55. The summed E-state index contributed by atoms with van der Waals surface area (Å²) in [7, 11) is 4.28. The molecule has 0 aliphatic rings. The third-order valence-electron chi connectivity index (χ3n) is 2.86. The van der Waals surface area contributed by atoms with Crippen molar-refractivity contribution in [1.29, 1.82) is 0 Å². The first-order chi connectivity index (χ1) is 7.08. The van der Waals surface area contributed by atoms with E-state index < -0.39 is 0 Å². The molecule has 0 aromatic carbocycles. The molecule has 88 valence electrons. The SMILES string of the molecule is C=C(CC)/C(CC)=C(/CCCC)N(C)C. The fraction of sp³-hybridized carbons (Fsp3) is 0.714. The molecular weight excluding hydrogens is 182 g/mol. The molecule has 0 aliphatic carbocycles. The topological polar surface area (TPSA) is 3.24 Å². The van der Waals surface area contributed by atoms with E-state index in [1.165, 1.54) is 36.1 Å². The lowest BCUT2D eigenvalue weighted by molar-refractivity contribution is 0.470. The maximum absolute atomic E-state index is 4.17.